The second-order valence-electron chi connectivity index (χ2n) is 9.51. The normalized spacial score (nSPS) is 22.5. The van der Waals surface area contributed by atoms with Crippen LogP contribution < -0.4 is 10.1 Å². The van der Waals surface area contributed by atoms with E-state index < -0.39 is 11.9 Å². The molecule has 2 unspecified atom stereocenters. The Hall–Kier alpha value is -3.78. The van der Waals surface area contributed by atoms with Gasteiger partial charge in [0.05, 0.1) is 5.69 Å². The van der Waals surface area contributed by atoms with Gasteiger partial charge in [-0.15, -0.1) is 0 Å². The molecule has 3 aliphatic rings. The maximum atomic E-state index is 12.9. The lowest BCUT2D eigenvalue weighted by Gasteiger charge is -2.29. The molecule has 6 rings (SSSR count). The molecule has 1 N–H and O–H groups in total. The Morgan fingerprint density at radius 3 is 2.74 bits per heavy atom. The van der Waals surface area contributed by atoms with Crippen molar-refractivity contribution in [2.75, 3.05) is 13.1 Å². The van der Waals surface area contributed by atoms with Crippen molar-refractivity contribution < 1.29 is 19.1 Å². The molecule has 8 heteroatoms. The number of amides is 3. The molecule has 2 saturated heterocycles. The van der Waals surface area contributed by atoms with Gasteiger partial charge in [-0.25, -0.2) is 0 Å². The molecular formula is C27H26N4O4. The molecule has 2 aromatic carbocycles. The van der Waals surface area contributed by atoms with E-state index in [1.807, 2.05) is 30.5 Å². The fourth-order valence-electron chi connectivity index (χ4n) is 5.30. The van der Waals surface area contributed by atoms with Crippen LogP contribution in [0.1, 0.15) is 40.9 Å². The molecule has 178 valence electrons. The standard InChI is InChI=1S/C27H26N4O4/c32-25-8-7-24(26(33)29-25)31-14-19-12-21(5-6-23(19)27(31)34)35-22-9-10-30(16-22)15-20-11-17-3-1-2-4-18(17)13-28-20/h1-6,11-13,22,24H,7-10,14-16H2,(H,29,32,33). The van der Waals surface area contributed by atoms with Crippen LogP contribution in [0.4, 0.5) is 0 Å². The lowest BCUT2D eigenvalue weighted by Crippen LogP contribution is -2.52. The number of aromatic nitrogens is 1. The molecule has 0 radical (unpaired) electrons. The van der Waals surface area contributed by atoms with Gasteiger partial charge >= 0.3 is 0 Å². The lowest BCUT2D eigenvalue weighted by atomic mass is 10.0. The summed E-state index contributed by atoms with van der Waals surface area (Å²) in [5.41, 5.74) is 2.50. The summed E-state index contributed by atoms with van der Waals surface area (Å²) in [6.07, 6.45) is 3.53. The molecular weight excluding hydrogens is 444 g/mol. The van der Waals surface area contributed by atoms with E-state index in [1.54, 1.807) is 11.0 Å². The molecule has 0 aliphatic carbocycles. The third kappa shape index (κ3) is 4.25. The zero-order valence-corrected chi connectivity index (χ0v) is 19.3. The molecule has 0 saturated carbocycles. The summed E-state index contributed by atoms with van der Waals surface area (Å²) in [6.45, 7) is 2.88. The molecule has 1 aromatic heterocycles. The highest BCUT2D eigenvalue weighted by molar-refractivity contribution is 6.05. The van der Waals surface area contributed by atoms with Gasteiger partial charge in [0, 0.05) is 49.7 Å². The maximum absolute atomic E-state index is 12.9. The van der Waals surface area contributed by atoms with Gasteiger partial charge in [0.25, 0.3) is 5.91 Å². The van der Waals surface area contributed by atoms with Gasteiger partial charge in [0.15, 0.2) is 0 Å². The number of carbonyl (C=O) groups excluding carboxylic acids is 3. The summed E-state index contributed by atoms with van der Waals surface area (Å²) < 4.78 is 6.27. The van der Waals surface area contributed by atoms with Gasteiger partial charge < -0.3 is 9.64 Å². The number of nitrogens with one attached hydrogen (secondary N) is 1. The van der Waals surface area contributed by atoms with Gasteiger partial charge in [-0.2, -0.15) is 0 Å². The predicted octanol–water partition coefficient (Wildman–Crippen LogP) is 2.65. The van der Waals surface area contributed by atoms with E-state index in [2.05, 4.69) is 33.4 Å². The Morgan fingerprint density at radius 2 is 1.89 bits per heavy atom. The van der Waals surface area contributed by atoms with Crippen LogP contribution in [-0.4, -0.2) is 57.7 Å². The van der Waals surface area contributed by atoms with Crippen molar-refractivity contribution in [1.29, 1.82) is 0 Å². The second-order valence-corrected chi connectivity index (χ2v) is 9.51. The number of benzene rings is 2. The van der Waals surface area contributed by atoms with Crippen molar-refractivity contribution in [1.82, 2.24) is 20.1 Å². The van der Waals surface area contributed by atoms with Crippen LogP contribution in [0.3, 0.4) is 0 Å². The van der Waals surface area contributed by atoms with Crippen LogP contribution in [0.2, 0.25) is 0 Å². The molecule has 2 fully saturated rings. The first-order valence-electron chi connectivity index (χ1n) is 12.0. The highest BCUT2D eigenvalue weighted by Crippen LogP contribution is 2.31. The number of imide groups is 1. The first kappa shape index (κ1) is 21.7. The van der Waals surface area contributed by atoms with Crippen LogP contribution in [0.5, 0.6) is 5.75 Å². The minimum atomic E-state index is -0.607. The quantitative estimate of drug-likeness (QED) is 0.577. The number of fused-ring (bicyclic) bond motifs is 2. The first-order valence-corrected chi connectivity index (χ1v) is 12.0. The number of likely N-dealkylation sites (tertiary alicyclic amines) is 1. The number of hydrogen-bond acceptors (Lipinski definition) is 6. The molecule has 0 bridgehead atoms. The van der Waals surface area contributed by atoms with Crippen molar-refractivity contribution in [3.63, 3.8) is 0 Å². The minimum Gasteiger partial charge on any atom is -0.489 e. The Kier molecular flexibility index (Phi) is 5.45. The average molecular weight is 471 g/mol. The molecule has 3 amide bonds. The fourth-order valence-corrected chi connectivity index (χ4v) is 5.30. The largest absolute Gasteiger partial charge is 0.489 e. The Bertz CT molecular complexity index is 1340. The molecule has 4 heterocycles. The summed E-state index contributed by atoms with van der Waals surface area (Å²) in [5, 5.41) is 4.68. The molecule has 3 aliphatic heterocycles. The fraction of sp³-hybridized carbons (Fsp3) is 0.333. The smallest absolute Gasteiger partial charge is 0.255 e. The number of hydrogen-bond donors (Lipinski definition) is 1. The van der Waals surface area contributed by atoms with Crippen molar-refractivity contribution in [2.45, 2.75) is 44.5 Å². The molecule has 2 atom stereocenters. The van der Waals surface area contributed by atoms with E-state index >= 15 is 0 Å². The van der Waals surface area contributed by atoms with Crippen LogP contribution in [0.25, 0.3) is 10.8 Å². The van der Waals surface area contributed by atoms with Crippen LogP contribution in [0.15, 0.2) is 54.7 Å². The third-order valence-corrected chi connectivity index (χ3v) is 7.10. The Labute approximate surface area is 202 Å². The number of nitrogens with zero attached hydrogens (tertiary/aromatic N) is 3. The number of carbonyl (C=O) groups is 3. The van der Waals surface area contributed by atoms with Gasteiger partial charge in [0.2, 0.25) is 11.8 Å². The molecule has 35 heavy (non-hydrogen) atoms. The number of piperidine rings is 1. The Morgan fingerprint density at radius 1 is 1.03 bits per heavy atom. The highest BCUT2D eigenvalue weighted by Gasteiger charge is 2.39. The SMILES string of the molecule is O=C1CCC(N2Cc3cc(OC4CCN(Cc5cc6ccccc6cn5)C4)ccc3C2=O)C(=O)N1. The monoisotopic (exact) mass is 470 g/mol. The van der Waals surface area contributed by atoms with E-state index in [0.29, 0.717) is 18.5 Å². The summed E-state index contributed by atoms with van der Waals surface area (Å²) >= 11 is 0. The first-order chi connectivity index (χ1) is 17.0. The summed E-state index contributed by atoms with van der Waals surface area (Å²) in [4.78, 5) is 45.1. The molecule has 3 aromatic rings. The van der Waals surface area contributed by atoms with E-state index in [1.165, 1.54) is 5.39 Å². The predicted molar refractivity (Wildman–Crippen MR) is 129 cm³/mol. The maximum Gasteiger partial charge on any atom is 0.255 e. The van der Waals surface area contributed by atoms with Gasteiger partial charge in [0.1, 0.15) is 17.9 Å². The second kappa shape index (κ2) is 8.78. The van der Waals surface area contributed by atoms with Crippen molar-refractivity contribution in [3.05, 3.63) is 71.5 Å². The average Bonchev–Trinajstić information content (AvgIpc) is 3.42. The van der Waals surface area contributed by atoms with Crippen molar-refractivity contribution in [2.24, 2.45) is 0 Å². The Balaban J connectivity index is 1.08. The zero-order valence-electron chi connectivity index (χ0n) is 19.3. The van der Waals surface area contributed by atoms with E-state index in [4.69, 9.17) is 4.74 Å². The van der Waals surface area contributed by atoms with Crippen LogP contribution in [-0.2, 0) is 22.7 Å². The van der Waals surface area contributed by atoms with E-state index in [0.717, 1.165) is 48.4 Å². The topological polar surface area (TPSA) is 91.8 Å². The highest BCUT2D eigenvalue weighted by atomic mass is 16.5. The third-order valence-electron chi connectivity index (χ3n) is 7.10. The van der Waals surface area contributed by atoms with Gasteiger partial charge in [-0.1, -0.05) is 24.3 Å². The lowest BCUT2D eigenvalue weighted by molar-refractivity contribution is -0.136. The van der Waals surface area contributed by atoms with E-state index in [-0.39, 0.29) is 24.3 Å². The zero-order chi connectivity index (χ0) is 23.9. The van der Waals surface area contributed by atoms with Crippen molar-refractivity contribution in [3.8, 4) is 5.75 Å². The van der Waals surface area contributed by atoms with Crippen LogP contribution in [0, 0.1) is 0 Å². The van der Waals surface area contributed by atoms with Crippen LogP contribution >= 0.6 is 0 Å². The number of rotatable bonds is 5. The summed E-state index contributed by atoms with van der Waals surface area (Å²) in [5.74, 6) is -0.118. The van der Waals surface area contributed by atoms with Gasteiger partial charge in [-0.05, 0) is 48.1 Å². The minimum absolute atomic E-state index is 0.0665. The molecule has 8 nitrogen and oxygen atoms in total. The summed E-state index contributed by atoms with van der Waals surface area (Å²) in [6, 6.07) is 15.3. The summed E-state index contributed by atoms with van der Waals surface area (Å²) in [7, 11) is 0. The molecule has 0 spiro atoms. The van der Waals surface area contributed by atoms with Gasteiger partial charge in [-0.3, -0.25) is 29.6 Å². The van der Waals surface area contributed by atoms with Crippen molar-refractivity contribution >= 4 is 28.5 Å². The van der Waals surface area contributed by atoms with E-state index in [9.17, 15) is 14.4 Å². The number of pyridine rings is 1. The number of ether oxygens (including phenoxy) is 1.